The zero-order valence-electron chi connectivity index (χ0n) is 26.9. The molecule has 0 fully saturated rings. The maximum atomic E-state index is 14.8. The number of ether oxygens (including phenoxy) is 1. The largest absolute Gasteiger partial charge is 0.463 e. The number of aromatic nitrogens is 5. The number of alkyl halides is 4. The van der Waals surface area contributed by atoms with E-state index in [0.29, 0.717) is 18.0 Å². The molecule has 3 aromatic heterocycles. The van der Waals surface area contributed by atoms with Crippen LogP contribution in [-0.2, 0) is 19.9 Å². The van der Waals surface area contributed by atoms with Crippen LogP contribution in [0.1, 0.15) is 76.9 Å². The van der Waals surface area contributed by atoms with E-state index in [9.17, 15) is 27.2 Å². The summed E-state index contributed by atoms with van der Waals surface area (Å²) in [6, 6.07) is 8.41. The molecule has 0 saturated heterocycles. The van der Waals surface area contributed by atoms with Gasteiger partial charge in [0.1, 0.15) is 12.9 Å². The van der Waals surface area contributed by atoms with Gasteiger partial charge in [0.15, 0.2) is 17.3 Å². The number of hydrogen-bond acceptors (Lipinski definition) is 8. The van der Waals surface area contributed by atoms with Crippen LogP contribution in [0.25, 0.3) is 11.2 Å². The van der Waals surface area contributed by atoms with Crippen LogP contribution in [0.4, 0.5) is 17.6 Å². The Morgan fingerprint density at radius 3 is 2.50 bits per heavy atom. The molecule has 48 heavy (non-hydrogen) atoms. The number of rotatable bonds is 11. The van der Waals surface area contributed by atoms with E-state index in [4.69, 9.17) is 27.1 Å². The van der Waals surface area contributed by atoms with Crippen LogP contribution in [0.5, 0.6) is 0 Å². The summed E-state index contributed by atoms with van der Waals surface area (Å²) in [5.74, 6) is -6.83. The summed E-state index contributed by atoms with van der Waals surface area (Å²) in [4.78, 5) is 37.2. The second-order valence-electron chi connectivity index (χ2n) is 13.2. The maximum absolute atomic E-state index is 14.8. The van der Waals surface area contributed by atoms with Gasteiger partial charge in [-0.05, 0) is 60.2 Å². The SMILES string of the molecule is C[C@H](CC(=O)OC[C@H](c1ccc(Cl)c(-n2ncnc2C(F)F)c1)N1C(=O)[C@@](CC(C)(C)C)(c2ccn3nccc3c2)N=C1N)C(C)(F)F. The highest BCUT2D eigenvalue weighted by atomic mass is 35.5. The number of carbonyl (C=O) groups excluding carboxylic acids is 2. The Morgan fingerprint density at radius 1 is 1.10 bits per heavy atom. The quantitative estimate of drug-likeness (QED) is 0.145. The lowest BCUT2D eigenvalue weighted by Crippen LogP contribution is -2.47. The molecule has 256 valence electrons. The normalized spacial score (nSPS) is 18.4. The number of nitrogens with zero attached hydrogens (tertiary/aromatic N) is 7. The lowest BCUT2D eigenvalue weighted by Gasteiger charge is -2.35. The van der Waals surface area contributed by atoms with Crippen molar-refractivity contribution in [1.29, 1.82) is 0 Å². The molecule has 4 aromatic rings. The maximum Gasteiger partial charge on any atom is 0.306 e. The Hall–Kier alpha value is -4.53. The van der Waals surface area contributed by atoms with Crippen LogP contribution in [0.3, 0.4) is 0 Å². The molecule has 4 heterocycles. The highest BCUT2D eigenvalue weighted by Gasteiger charge is 2.53. The molecule has 1 aromatic carbocycles. The van der Waals surface area contributed by atoms with Gasteiger partial charge in [0.05, 0.1) is 28.7 Å². The number of halogens is 5. The second-order valence-corrected chi connectivity index (χ2v) is 13.6. The van der Waals surface area contributed by atoms with E-state index in [2.05, 4.69) is 15.2 Å². The highest BCUT2D eigenvalue weighted by molar-refractivity contribution is 6.32. The number of benzene rings is 1. The molecule has 1 aliphatic rings. The van der Waals surface area contributed by atoms with Crippen molar-refractivity contribution in [2.45, 2.75) is 71.4 Å². The average Bonchev–Trinajstić information content (AvgIpc) is 3.72. The van der Waals surface area contributed by atoms with Gasteiger partial charge in [-0.1, -0.05) is 45.4 Å². The van der Waals surface area contributed by atoms with Crippen LogP contribution in [0, 0.1) is 11.3 Å². The topological polar surface area (TPSA) is 133 Å². The Kier molecular flexibility index (Phi) is 9.30. The minimum absolute atomic E-state index is 0.00633. The highest BCUT2D eigenvalue weighted by Crippen LogP contribution is 2.45. The van der Waals surface area contributed by atoms with E-state index in [0.717, 1.165) is 11.0 Å². The van der Waals surface area contributed by atoms with E-state index >= 15 is 0 Å². The molecular weight excluding hydrogens is 656 g/mol. The molecule has 0 spiro atoms. The Morgan fingerprint density at radius 2 is 1.83 bits per heavy atom. The molecule has 0 unspecified atom stereocenters. The number of nitrogens with two attached hydrogens (primary N) is 1. The van der Waals surface area contributed by atoms with Crippen molar-refractivity contribution in [2.24, 2.45) is 22.1 Å². The van der Waals surface area contributed by atoms with E-state index in [1.165, 1.54) is 30.0 Å². The van der Waals surface area contributed by atoms with Crippen molar-refractivity contribution in [3.8, 4) is 5.69 Å². The first-order chi connectivity index (χ1) is 22.4. The smallest absolute Gasteiger partial charge is 0.306 e. The van der Waals surface area contributed by atoms with E-state index in [-0.39, 0.29) is 28.7 Å². The van der Waals surface area contributed by atoms with E-state index in [1.807, 2.05) is 20.8 Å². The molecule has 5 rings (SSSR count). The molecule has 3 atom stereocenters. The number of esters is 1. The van der Waals surface area contributed by atoms with Gasteiger partial charge >= 0.3 is 5.97 Å². The number of aliphatic imine (C=N–C) groups is 1. The zero-order chi connectivity index (χ0) is 35.2. The molecule has 1 amide bonds. The first-order valence-corrected chi connectivity index (χ1v) is 15.4. The number of amides is 1. The molecule has 1 aliphatic heterocycles. The van der Waals surface area contributed by atoms with Crippen LogP contribution >= 0.6 is 11.6 Å². The Bertz CT molecular complexity index is 1870. The molecule has 2 N–H and O–H groups in total. The third kappa shape index (κ3) is 6.86. The molecule has 0 radical (unpaired) electrons. The standard InChI is InChI=1S/C32H35ClF4N8O3/c1-18(31(5,36)37)12-25(46)48-15-24(19-6-7-22(33)23(13-19)45-27(26(34)35)39-17-41-45)44-28(47)32(42-29(44)38,16-30(2,3)4)20-9-11-43-21(14-20)8-10-40-43/h6-11,13-14,17-18,24,26H,12,15-16H2,1-5H3,(H2,38,42)/t18-,24-,32-/m1/s1. The van der Waals surface area contributed by atoms with Crippen LogP contribution in [-0.4, -0.2) is 59.6 Å². The van der Waals surface area contributed by atoms with E-state index < -0.39 is 66.0 Å². The molecule has 11 nitrogen and oxygen atoms in total. The van der Waals surface area contributed by atoms with Crippen LogP contribution in [0.2, 0.25) is 5.02 Å². The summed E-state index contributed by atoms with van der Waals surface area (Å²) < 4.78 is 63.3. The number of fused-ring (bicyclic) bond motifs is 1. The number of pyridine rings is 1. The van der Waals surface area contributed by atoms with Crippen molar-refractivity contribution >= 4 is 35.0 Å². The lowest BCUT2D eigenvalue weighted by molar-refractivity contribution is -0.151. The number of hydrogen-bond donors (Lipinski definition) is 1. The molecule has 0 saturated carbocycles. The fraction of sp³-hybridized carbons (Fsp3) is 0.438. The summed E-state index contributed by atoms with van der Waals surface area (Å²) in [5, 5.41) is 8.16. The summed E-state index contributed by atoms with van der Waals surface area (Å²) in [5.41, 5.74) is 6.10. The fourth-order valence-corrected chi connectivity index (χ4v) is 5.91. The van der Waals surface area contributed by atoms with Crippen LogP contribution in [0.15, 0.2) is 60.1 Å². The number of guanidine groups is 1. The van der Waals surface area contributed by atoms with Crippen molar-refractivity contribution in [3.63, 3.8) is 0 Å². The summed E-state index contributed by atoms with van der Waals surface area (Å²) in [6.45, 7) is 7.23. The predicted octanol–water partition coefficient (Wildman–Crippen LogP) is 6.26. The van der Waals surface area contributed by atoms with E-state index in [1.54, 1.807) is 35.1 Å². The van der Waals surface area contributed by atoms with Gasteiger partial charge in [0, 0.05) is 18.3 Å². The Labute approximate surface area is 278 Å². The molecule has 0 aliphatic carbocycles. The van der Waals surface area contributed by atoms with Gasteiger partial charge in [-0.25, -0.2) is 36.7 Å². The zero-order valence-corrected chi connectivity index (χ0v) is 27.6. The monoisotopic (exact) mass is 690 g/mol. The fourth-order valence-electron chi connectivity index (χ4n) is 5.72. The van der Waals surface area contributed by atoms with Gasteiger partial charge in [0.2, 0.25) is 5.92 Å². The van der Waals surface area contributed by atoms with Gasteiger partial charge in [-0.3, -0.25) is 14.5 Å². The molecule has 16 heteroatoms. The van der Waals surface area contributed by atoms with Crippen molar-refractivity contribution < 1.29 is 31.9 Å². The lowest BCUT2D eigenvalue weighted by atomic mass is 9.75. The number of carbonyl (C=O) groups is 2. The average molecular weight is 691 g/mol. The third-order valence-corrected chi connectivity index (χ3v) is 8.51. The van der Waals surface area contributed by atoms with Gasteiger partial charge in [-0.2, -0.15) is 10.2 Å². The first-order valence-electron chi connectivity index (χ1n) is 15.1. The molecule has 0 bridgehead atoms. The molecular formula is C32H35ClF4N8O3. The minimum Gasteiger partial charge on any atom is -0.463 e. The summed E-state index contributed by atoms with van der Waals surface area (Å²) >= 11 is 6.42. The van der Waals surface area contributed by atoms with Crippen molar-refractivity contribution in [3.05, 3.63) is 77.1 Å². The first kappa shape index (κ1) is 34.8. The van der Waals surface area contributed by atoms with Gasteiger partial charge in [-0.15, -0.1) is 0 Å². The summed E-state index contributed by atoms with van der Waals surface area (Å²) in [7, 11) is 0. The Balaban J connectivity index is 1.60. The predicted molar refractivity (Wildman–Crippen MR) is 169 cm³/mol. The minimum atomic E-state index is -3.14. The van der Waals surface area contributed by atoms with Gasteiger partial charge < -0.3 is 10.5 Å². The van der Waals surface area contributed by atoms with Gasteiger partial charge in [0.25, 0.3) is 12.3 Å². The summed E-state index contributed by atoms with van der Waals surface area (Å²) in [6.07, 6.45) is 0.888. The third-order valence-electron chi connectivity index (χ3n) is 8.19. The van der Waals surface area contributed by atoms with Crippen molar-refractivity contribution in [2.75, 3.05) is 6.61 Å². The van der Waals surface area contributed by atoms with Crippen molar-refractivity contribution in [1.82, 2.24) is 29.3 Å². The van der Waals surface area contributed by atoms with Crippen LogP contribution < -0.4 is 5.73 Å². The second kappa shape index (κ2) is 12.8.